The standard InChI is InChI=1S/C25H27BrFN3O2/c1-3-4-5-6-9-14-32-24(31)22-16(2)28-25-29-20-10-7-8-11-21(20)30(25)23(22)18-15-17(26)12-13-19(18)27/h7-8,10-13,15,23H,3-6,9,14H2,1-2H3,(H,28,29)/t23-/m1/s1. The summed E-state index contributed by atoms with van der Waals surface area (Å²) in [7, 11) is 0. The summed E-state index contributed by atoms with van der Waals surface area (Å²) in [5.41, 5.74) is 2.99. The molecule has 3 aromatic rings. The van der Waals surface area contributed by atoms with Crippen molar-refractivity contribution in [2.24, 2.45) is 0 Å². The topological polar surface area (TPSA) is 56.1 Å². The Bertz CT molecular complexity index is 1170. The van der Waals surface area contributed by atoms with Crippen molar-refractivity contribution in [1.29, 1.82) is 0 Å². The van der Waals surface area contributed by atoms with Crippen molar-refractivity contribution in [2.45, 2.75) is 52.0 Å². The van der Waals surface area contributed by atoms with Gasteiger partial charge in [-0.05, 0) is 43.7 Å². The van der Waals surface area contributed by atoms with Gasteiger partial charge in [-0.25, -0.2) is 14.2 Å². The van der Waals surface area contributed by atoms with Crippen molar-refractivity contribution in [3.8, 4) is 0 Å². The minimum Gasteiger partial charge on any atom is -0.462 e. The Morgan fingerprint density at radius 2 is 1.97 bits per heavy atom. The highest BCUT2D eigenvalue weighted by atomic mass is 79.9. The molecule has 32 heavy (non-hydrogen) atoms. The van der Waals surface area contributed by atoms with Gasteiger partial charge in [-0.15, -0.1) is 0 Å². The van der Waals surface area contributed by atoms with Gasteiger partial charge >= 0.3 is 5.97 Å². The summed E-state index contributed by atoms with van der Waals surface area (Å²) in [6.45, 7) is 4.33. The summed E-state index contributed by atoms with van der Waals surface area (Å²) >= 11 is 3.45. The number of unbranched alkanes of at least 4 members (excludes halogenated alkanes) is 4. The predicted octanol–water partition coefficient (Wildman–Crippen LogP) is 6.74. The van der Waals surface area contributed by atoms with Gasteiger partial charge in [-0.2, -0.15) is 0 Å². The Morgan fingerprint density at radius 3 is 2.78 bits per heavy atom. The zero-order valence-electron chi connectivity index (χ0n) is 18.3. The number of nitrogens with one attached hydrogen (secondary N) is 1. The van der Waals surface area contributed by atoms with E-state index >= 15 is 4.39 Å². The van der Waals surface area contributed by atoms with Gasteiger partial charge in [0.25, 0.3) is 0 Å². The molecule has 0 spiro atoms. The van der Waals surface area contributed by atoms with Crippen molar-refractivity contribution in [1.82, 2.24) is 9.55 Å². The minimum absolute atomic E-state index is 0.352. The second-order valence-electron chi connectivity index (χ2n) is 8.08. The van der Waals surface area contributed by atoms with Crippen molar-refractivity contribution in [3.05, 3.63) is 69.6 Å². The molecule has 0 saturated heterocycles. The molecule has 2 heterocycles. The maximum absolute atomic E-state index is 15.1. The number of carbonyl (C=O) groups excluding carboxylic acids is 1. The van der Waals surface area contributed by atoms with Crippen molar-refractivity contribution >= 4 is 38.9 Å². The summed E-state index contributed by atoms with van der Waals surface area (Å²) in [6.07, 6.45) is 5.33. The number of hydrogen-bond acceptors (Lipinski definition) is 4. The molecule has 1 N–H and O–H groups in total. The van der Waals surface area contributed by atoms with Gasteiger partial charge in [0.15, 0.2) is 0 Å². The van der Waals surface area contributed by atoms with E-state index in [1.165, 1.54) is 18.9 Å². The first-order valence-corrected chi connectivity index (χ1v) is 11.9. The fraction of sp³-hybridized carbons (Fsp3) is 0.360. The predicted molar refractivity (Wildman–Crippen MR) is 128 cm³/mol. The van der Waals surface area contributed by atoms with Crippen LogP contribution in [0.1, 0.15) is 57.6 Å². The third kappa shape index (κ3) is 4.44. The number of esters is 1. The fourth-order valence-electron chi connectivity index (χ4n) is 4.19. The number of halogens is 2. The lowest BCUT2D eigenvalue weighted by Gasteiger charge is -2.30. The summed E-state index contributed by atoms with van der Waals surface area (Å²) in [4.78, 5) is 17.9. The van der Waals surface area contributed by atoms with E-state index in [2.05, 4.69) is 33.2 Å². The highest BCUT2D eigenvalue weighted by Crippen LogP contribution is 2.41. The molecule has 7 heteroatoms. The first-order valence-electron chi connectivity index (χ1n) is 11.1. The number of fused-ring (bicyclic) bond motifs is 3. The fourth-order valence-corrected chi connectivity index (χ4v) is 4.57. The van der Waals surface area contributed by atoms with E-state index in [4.69, 9.17) is 4.74 Å². The van der Waals surface area contributed by atoms with Crippen LogP contribution in [0.15, 0.2) is 58.2 Å². The number of allylic oxidation sites excluding steroid dienone is 1. The first kappa shape index (κ1) is 22.5. The SMILES string of the molecule is CCCCCCCOC(=O)C1=C(C)Nc2nc3ccccc3n2[C@@H]1c1cc(Br)ccc1F. The van der Waals surface area contributed by atoms with E-state index in [1.54, 1.807) is 12.1 Å². The minimum atomic E-state index is -0.691. The zero-order valence-corrected chi connectivity index (χ0v) is 19.9. The van der Waals surface area contributed by atoms with Crippen LogP contribution in [0.3, 0.4) is 0 Å². The highest BCUT2D eigenvalue weighted by Gasteiger charge is 2.36. The Hall–Kier alpha value is -2.67. The zero-order chi connectivity index (χ0) is 22.7. The number of anilines is 1. The molecule has 0 unspecified atom stereocenters. The van der Waals surface area contributed by atoms with E-state index in [0.717, 1.165) is 34.8 Å². The van der Waals surface area contributed by atoms with Crippen LogP contribution in [-0.4, -0.2) is 22.1 Å². The van der Waals surface area contributed by atoms with Crippen LogP contribution in [0, 0.1) is 5.82 Å². The molecular formula is C25H27BrFN3O2. The molecule has 1 aromatic heterocycles. The maximum Gasteiger partial charge on any atom is 0.338 e. The monoisotopic (exact) mass is 499 g/mol. The lowest BCUT2D eigenvalue weighted by Crippen LogP contribution is -2.29. The lowest BCUT2D eigenvalue weighted by atomic mass is 9.94. The second-order valence-corrected chi connectivity index (χ2v) is 8.99. The van der Waals surface area contributed by atoms with E-state index < -0.39 is 12.0 Å². The molecule has 0 aliphatic carbocycles. The normalized spacial score (nSPS) is 15.6. The van der Waals surface area contributed by atoms with Crippen molar-refractivity contribution in [2.75, 3.05) is 11.9 Å². The summed E-state index contributed by atoms with van der Waals surface area (Å²) in [5, 5.41) is 3.23. The molecule has 1 aliphatic rings. The van der Waals surface area contributed by atoms with E-state index in [9.17, 15) is 4.79 Å². The number of hydrogen-bond donors (Lipinski definition) is 1. The molecule has 2 aromatic carbocycles. The van der Waals surface area contributed by atoms with Crippen LogP contribution in [-0.2, 0) is 9.53 Å². The molecular weight excluding hydrogens is 473 g/mol. The van der Waals surface area contributed by atoms with Gasteiger partial charge < -0.3 is 10.1 Å². The number of ether oxygens (including phenoxy) is 1. The van der Waals surface area contributed by atoms with Crippen molar-refractivity contribution in [3.63, 3.8) is 0 Å². The van der Waals surface area contributed by atoms with Crippen LogP contribution in [0.2, 0.25) is 0 Å². The maximum atomic E-state index is 15.1. The van der Waals surface area contributed by atoms with Crippen LogP contribution in [0.4, 0.5) is 10.3 Å². The molecule has 0 saturated carbocycles. The number of benzene rings is 2. The largest absolute Gasteiger partial charge is 0.462 e. The van der Waals surface area contributed by atoms with Gasteiger partial charge in [-0.1, -0.05) is 60.7 Å². The molecule has 168 valence electrons. The van der Waals surface area contributed by atoms with Crippen LogP contribution >= 0.6 is 15.9 Å². The quantitative estimate of drug-likeness (QED) is 0.275. The van der Waals surface area contributed by atoms with E-state index in [-0.39, 0.29) is 5.82 Å². The molecule has 5 nitrogen and oxygen atoms in total. The number of nitrogens with zero attached hydrogens (tertiary/aromatic N) is 2. The summed E-state index contributed by atoms with van der Waals surface area (Å²) < 4.78 is 23.4. The van der Waals surface area contributed by atoms with E-state index in [0.29, 0.717) is 29.4 Å². The molecule has 0 fully saturated rings. The highest BCUT2D eigenvalue weighted by molar-refractivity contribution is 9.10. The molecule has 0 radical (unpaired) electrons. The molecule has 0 amide bonds. The Morgan fingerprint density at radius 1 is 1.19 bits per heavy atom. The van der Waals surface area contributed by atoms with Gasteiger partial charge in [0.2, 0.25) is 5.95 Å². The van der Waals surface area contributed by atoms with E-state index in [1.807, 2.05) is 35.8 Å². The van der Waals surface area contributed by atoms with Gasteiger partial charge in [0.05, 0.1) is 29.3 Å². The number of para-hydroxylation sites is 2. The Kier molecular flexibility index (Phi) is 6.94. The summed E-state index contributed by atoms with van der Waals surface area (Å²) in [6, 6.07) is 11.7. The average Bonchev–Trinajstić information content (AvgIpc) is 3.14. The van der Waals surface area contributed by atoms with Gasteiger partial charge in [0.1, 0.15) is 5.82 Å². The lowest BCUT2D eigenvalue weighted by molar-refractivity contribution is -0.139. The van der Waals surface area contributed by atoms with Crippen LogP contribution in [0.25, 0.3) is 11.0 Å². The Balaban J connectivity index is 1.72. The molecule has 1 aliphatic heterocycles. The van der Waals surface area contributed by atoms with Crippen LogP contribution < -0.4 is 5.32 Å². The van der Waals surface area contributed by atoms with Crippen molar-refractivity contribution < 1.29 is 13.9 Å². The van der Waals surface area contributed by atoms with Crippen LogP contribution in [0.5, 0.6) is 0 Å². The first-order chi connectivity index (χ1) is 15.5. The molecule has 4 rings (SSSR count). The number of aromatic nitrogens is 2. The third-order valence-corrected chi connectivity index (χ3v) is 6.28. The number of carbonyl (C=O) groups is 1. The number of imidazole rings is 1. The third-order valence-electron chi connectivity index (χ3n) is 5.78. The Labute approximate surface area is 195 Å². The number of rotatable bonds is 8. The molecule has 1 atom stereocenters. The van der Waals surface area contributed by atoms with Gasteiger partial charge in [-0.3, -0.25) is 4.57 Å². The molecule has 0 bridgehead atoms. The van der Waals surface area contributed by atoms with Gasteiger partial charge in [0, 0.05) is 15.7 Å². The average molecular weight is 500 g/mol. The second kappa shape index (κ2) is 9.86. The summed E-state index contributed by atoms with van der Waals surface area (Å²) in [5.74, 6) is -0.246. The smallest absolute Gasteiger partial charge is 0.338 e.